The lowest BCUT2D eigenvalue weighted by molar-refractivity contribution is 0.997. The number of fused-ring (bicyclic) bond motifs is 10. The molecule has 0 aliphatic heterocycles. The minimum Gasteiger partial charge on any atom is -0.309 e. The van der Waals surface area contributed by atoms with Gasteiger partial charge in [0.05, 0.1) is 22.4 Å². The van der Waals surface area contributed by atoms with E-state index in [-0.39, 0.29) is 0 Å². The van der Waals surface area contributed by atoms with Gasteiger partial charge in [0.1, 0.15) is 0 Å². The molecule has 0 bridgehead atoms. The van der Waals surface area contributed by atoms with Crippen molar-refractivity contribution in [1.82, 2.24) is 14.5 Å². The standard InChI is InChI=1S/C48H31N3S/c1-2-13-32(14-3-1)48-49-40(29-41(50-48)34-23-26-45-39(28-34)38-19-8-9-20-44(38)52-45)33-15-10-16-35(27-33)51-42-24-21-30-11-4-6-17-36(30)46(42)47-37-18-7-5-12-31(37)22-25-43(47)51/h1-6,8-17,19-29H,7,18H2. The second-order valence-corrected chi connectivity index (χ2v) is 14.8. The monoisotopic (exact) mass is 681 g/mol. The molecule has 3 aromatic heterocycles. The summed E-state index contributed by atoms with van der Waals surface area (Å²) in [6.07, 6.45) is 6.71. The van der Waals surface area contributed by atoms with Crippen LogP contribution >= 0.6 is 11.3 Å². The van der Waals surface area contributed by atoms with Crippen LogP contribution in [-0.4, -0.2) is 14.5 Å². The highest BCUT2D eigenvalue weighted by Crippen LogP contribution is 2.42. The Kier molecular flexibility index (Phi) is 6.55. The number of nitrogens with zero attached hydrogens (tertiary/aromatic N) is 3. The van der Waals surface area contributed by atoms with Crippen LogP contribution in [-0.2, 0) is 6.42 Å². The van der Waals surface area contributed by atoms with Crippen LogP contribution in [0.15, 0.2) is 158 Å². The summed E-state index contributed by atoms with van der Waals surface area (Å²) in [5.41, 5.74) is 11.3. The number of allylic oxidation sites excluding steroid dienone is 1. The van der Waals surface area contributed by atoms with E-state index in [9.17, 15) is 0 Å². The number of aryl methyl sites for hydroxylation is 1. The Morgan fingerprint density at radius 3 is 2.15 bits per heavy atom. The van der Waals surface area contributed by atoms with Gasteiger partial charge in [0, 0.05) is 53.3 Å². The van der Waals surface area contributed by atoms with Crippen molar-refractivity contribution in [1.29, 1.82) is 0 Å². The highest BCUT2D eigenvalue weighted by Gasteiger charge is 2.21. The zero-order valence-corrected chi connectivity index (χ0v) is 29.1. The lowest BCUT2D eigenvalue weighted by Gasteiger charge is -2.14. The molecule has 0 amide bonds. The van der Waals surface area contributed by atoms with E-state index >= 15 is 0 Å². The average molecular weight is 682 g/mol. The number of benzene rings is 7. The van der Waals surface area contributed by atoms with Crippen LogP contribution < -0.4 is 0 Å². The molecule has 1 aliphatic rings. The molecule has 4 heteroatoms. The van der Waals surface area contributed by atoms with E-state index in [4.69, 9.17) is 9.97 Å². The van der Waals surface area contributed by atoms with E-state index < -0.39 is 0 Å². The van der Waals surface area contributed by atoms with Gasteiger partial charge in [-0.1, -0.05) is 115 Å². The van der Waals surface area contributed by atoms with E-state index in [1.807, 2.05) is 17.4 Å². The van der Waals surface area contributed by atoms with Crippen LogP contribution in [0.5, 0.6) is 0 Å². The van der Waals surface area contributed by atoms with E-state index in [0.717, 1.165) is 52.4 Å². The highest BCUT2D eigenvalue weighted by molar-refractivity contribution is 7.25. The van der Waals surface area contributed by atoms with Crippen molar-refractivity contribution in [3.8, 4) is 39.6 Å². The molecular weight excluding hydrogens is 651 g/mol. The van der Waals surface area contributed by atoms with Gasteiger partial charge in [-0.3, -0.25) is 0 Å². The summed E-state index contributed by atoms with van der Waals surface area (Å²) in [5, 5.41) is 7.81. The second-order valence-electron chi connectivity index (χ2n) is 13.7. The molecule has 11 rings (SSSR count). The first-order valence-electron chi connectivity index (χ1n) is 17.9. The maximum atomic E-state index is 5.22. The molecule has 3 nitrogen and oxygen atoms in total. The zero-order valence-electron chi connectivity index (χ0n) is 28.3. The van der Waals surface area contributed by atoms with Gasteiger partial charge in [-0.15, -0.1) is 11.3 Å². The lowest BCUT2D eigenvalue weighted by atomic mass is 9.92. The van der Waals surface area contributed by atoms with Crippen LogP contribution in [0, 0.1) is 0 Å². The van der Waals surface area contributed by atoms with Gasteiger partial charge >= 0.3 is 0 Å². The Balaban J connectivity index is 1.13. The Labute approximate surface area is 304 Å². The molecule has 52 heavy (non-hydrogen) atoms. The van der Waals surface area contributed by atoms with Crippen molar-refractivity contribution < 1.29 is 0 Å². The maximum Gasteiger partial charge on any atom is 0.160 e. The highest BCUT2D eigenvalue weighted by atomic mass is 32.1. The van der Waals surface area contributed by atoms with Gasteiger partial charge in [-0.2, -0.15) is 0 Å². The van der Waals surface area contributed by atoms with Crippen LogP contribution in [0.25, 0.3) is 98.4 Å². The lowest BCUT2D eigenvalue weighted by Crippen LogP contribution is -1.98. The van der Waals surface area contributed by atoms with Crippen molar-refractivity contribution >= 4 is 70.2 Å². The third-order valence-electron chi connectivity index (χ3n) is 10.7. The summed E-state index contributed by atoms with van der Waals surface area (Å²) in [7, 11) is 0. The number of hydrogen-bond acceptors (Lipinski definition) is 3. The summed E-state index contributed by atoms with van der Waals surface area (Å²) in [5.74, 6) is 0.719. The van der Waals surface area contributed by atoms with Gasteiger partial charge in [0.25, 0.3) is 0 Å². The quantitative estimate of drug-likeness (QED) is 0.185. The molecule has 244 valence electrons. The molecule has 0 N–H and O–H groups in total. The summed E-state index contributed by atoms with van der Waals surface area (Å²) < 4.78 is 5.04. The number of rotatable bonds is 4. The molecule has 1 aliphatic carbocycles. The summed E-state index contributed by atoms with van der Waals surface area (Å²) in [6.45, 7) is 0. The molecule has 0 spiro atoms. The smallest absolute Gasteiger partial charge is 0.160 e. The third-order valence-corrected chi connectivity index (χ3v) is 11.8. The van der Waals surface area contributed by atoms with E-state index in [1.54, 1.807) is 0 Å². The molecule has 10 aromatic rings. The van der Waals surface area contributed by atoms with Crippen LogP contribution in [0.2, 0.25) is 0 Å². The van der Waals surface area contributed by atoms with Crippen LogP contribution in [0.1, 0.15) is 17.5 Å². The molecule has 0 radical (unpaired) electrons. The van der Waals surface area contributed by atoms with Gasteiger partial charge < -0.3 is 4.57 Å². The number of hydrogen-bond donors (Lipinski definition) is 0. The molecule has 0 fully saturated rings. The SMILES string of the molecule is C1=Cc2ccc3c(c2CC1)c1c2ccccc2ccc1n3-c1cccc(-c2cc(-c3ccc4sc5ccccc5c4c3)nc(-c3ccccc3)n2)c1. The van der Waals surface area contributed by atoms with E-state index in [1.165, 1.54) is 63.9 Å². The largest absolute Gasteiger partial charge is 0.309 e. The second kappa shape index (κ2) is 11.6. The maximum absolute atomic E-state index is 5.22. The van der Waals surface area contributed by atoms with Crippen LogP contribution in [0.4, 0.5) is 0 Å². The van der Waals surface area contributed by atoms with Gasteiger partial charge in [0.2, 0.25) is 0 Å². The zero-order chi connectivity index (χ0) is 34.2. The fourth-order valence-corrected chi connectivity index (χ4v) is 9.33. The predicted molar refractivity (Wildman–Crippen MR) is 220 cm³/mol. The Bertz CT molecular complexity index is 3070. The number of thiophene rings is 1. The Hall–Kier alpha value is -6.36. The summed E-state index contributed by atoms with van der Waals surface area (Å²) in [6, 6.07) is 54.7. The normalized spacial score (nSPS) is 12.8. The first-order chi connectivity index (χ1) is 25.8. The minimum absolute atomic E-state index is 0.719. The summed E-state index contributed by atoms with van der Waals surface area (Å²) in [4.78, 5) is 10.4. The molecule has 0 saturated carbocycles. The molecule has 0 saturated heterocycles. The van der Waals surface area contributed by atoms with Gasteiger partial charge in [0.15, 0.2) is 5.82 Å². The van der Waals surface area contributed by atoms with Crippen LogP contribution in [0.3, 0.4) is 0 Å². The average Bonchev–Trinajstić information content (AvgIpc) is 3.77. The van der Waals surface area contributed by atoms with E-state index in [0.29, 0.717) is 0 Å². The third kappa shape index (κ3) is 4.58. The van der Waals surface area contributed by atoms with Crippen molar-refractivity contribution in [2.45, 2.75) is 12.8 Å². The first-order valence-corrected chi connectivity index (χ1v) is 18.7. The molecule has 0 atom stereocenters. The summed E-state index contributed by atoms with van der Waals surface area (Å²) >= 11 is 1.84. The first kappa shape index (κ1) is 29.4. The van der Waals surface area contributed by atoms with Crippen molar-refractivity contribution in [3.05, 3.63) is 169 Å². The minimum atomic E-state index is 0.719. The fourth-order valence-electron chi connectivity index (χ4n) is 8.25. The Morgan fingerprint density at radius 1 is 0.519 bits per heavy atom. The molecule has 7 aromatic carbocycles. The van der Waals surface area contributed by atoms with Crippen molar-refractivity contribution in [3.63, 3.8) is 0 Å². The van der Waals surface area contributed by atoms with Crippen molar-refractivity contribution in [2.75, 3.05) is 0 Å². The van der Waals surface area contributed by atoms with E-state index in [2.05, 4.69) is 162 Å². The Morgan fingerprint density at radius 2 is 1.25 bits per heavy atom. The topological polar surface area (TPSA) is 30.7 Å². The molecular formula is C48H31N3S. The van der Waals surface area contributed by atoms with Crippen molar-refractivity contribution in [2.24, 2.45) is 0 Å². The number of aromatic nitrogens is 3. The fraction of sp³-hybridized carbons (Fsp3) is 0.0417. The van der Waals surface area contributed by atoms with Gasteiger partial charge in [-0.25, -0.2) is 9.97 Å². The predicted octanol–water partition coefficient (Wildman–Crippen LogP) is 13.1. The van der Waals surface area contributed by atoms with Gasteiger partial charge in [-0.05, 0) is 83.3 Å². The molecule has 3 heterocycles. The molecule has 0 unspecified atom stereocenters.